The van der Waals surface area contributed by atoms with Crippen molar-refractivity contribution in [2.24, 2.45) is 0 Å². The van der Waals surface area contributed by atoms with Crippen molar-refractivity contribution in [2.45, 2.75) is 24.9 Å². The van der Waals surface area contributed by atoms with Crippen LogP contribution in [0.5, 0.6) is 0 Å². The highest BCUT2D eigenvalue weighted by atomic mass is 19.1. The summed E-state index contributed by atoms with van der Waals surface area (Å²) in [5.74, 6) is -0.104. The number of hydrogen-bond donors (Lipinski definition) is 1. The fraction of sp³-hybridized carbons (Fsp3) is 0.500. The largest absolute Gasteiger partial charge is 0.313 e. The molecule has 1 aromatic rings. The Bertz CT molecular complexity index is 482. The Kier molecular flexibility index (Phi) is 2.63. The van der Waals surface area contributed by atoms with Crippen LogP contribution < -0.4 is 10.2 Å². The standard InChI is InChI=1S/C14H17FN2O/c1-10-8-17(12-5-3-2-4-11(10)12)13(18)14(15)6-7-16-9-14/h2-5,10,16H,6-9H2,1H3/t10-,14+/m0/s1. The molecule has 18 heavy (non-hydrogen) atoms. The van der Waals surface area contributed by atoms with Gasteiger partial charge in [0.25, 0.3) is 5.91 Å². The maximum Gasteiger partial charge on any atom is 0.266 e. The second-order valence-corrected chi connectivity index (χ2v) is 5.27. The molecule has 0 radical (unpaired) electrons. The molecule has 4 heteroatoms. The Morgan fingerprint density at radius 3 is 3.00 bits per heavy atom. The number of fused-ring (bicyclic) bond motifs is 1. The van der Waals surface area contributed by atoms with Gasteiger partial charge in [0.2, 0.25) is 5.67 Å². The van der Waals surface area contributed by atoms with Crippen LogP contribution in [0.4, 0.5) is 10.1 Å². The lowest BCUT2D eigenvalue weighted by Gasteiger charge is -2.25. The molecule has 2 atom stereocenters. The van der Waals surface area contributed by atoms with Crippen molar-refractivity contribution >= 4 is 11.6 Å². The van der Waals surface area contributed by atoms with Crippen LogP contribution in [-0.4, -0.2) is 31.2 Å². The monoisotopic (exact) mass is 248 g/mol. The van der Waals surface area contributed by atoms with Crippen molar-refractivity contribution in [3.63, 3.8) is 0 Å². The van der Waals surface area contributed by atoms with E-state index >= 15 is 0 Å². The first kappa shape index (κ1) is 11.7. The second kappa shape index (κ2) is 4.05. The van der Waals surface area contributed by atoms with Gasteiger partial charge in [-0.2, -0.15) is 0 Å². The number of halogens is 1. The Balaban J connectivity index is 1.93. The van der Waals surface area contributed by atoms with Gasteiger partial charge in [0.15, 0.2) is 0 Å². The molecule has 1 aromatic carbocycles. The number of para-hydroxylation sites is 1. The number of hydrogen-bond acceptors (Lipinski definition) is 2. The summed E-state index contributed by atoms with van der Waals surface area (Å²) in [7, 11) is 0. The van der Waals surface area contributed by atoms with Gasteiger partial charge in [-0.05, 0) is 18.2 Å². The molecule has 96 valence electrons. The molecule has 2 heterocycles. The molecule has 1 amide bonds. The number of anilines is 1. The van der Waals surface area contributed by atoms with Crippen molar-refractivity contribution in [3.05, 3.63) is 29.8 Å². The van der Waals surface area contributed by atoms with E-state index in [1.165, 1.54) is 0 Å². The maximum atomic E-state index is 14.5. The third kappa shape index (κ3) is 1.63. The molecule has 1 saturated heterocycles. The summed E-state index contributed by atoms with van der Waals surface area (Å²) in [6.07, 6.45) is 0.277. The third-order valence-electron chi connectivity index (χ3n) is 3.95. The number of carbonyl (C=O) groups is 1. The molecule has 1 fully saturated rings. The molecule has 1 N–H and O–H groups in total. The van der Waals surface area contributed by atoms with Crippen LogP contribution in [0.25, 0.3) is 0 Å². The fourth-order valence-electron chi connectivity index (χ4n) is 2.90. The highest BCUT2D eigenvalue weighted by molar-refractivity contribution is 6.01. The Morgan fingerprint density at radius 1 is 1.50 bits per heavy atom. The van der Waals surface area contributed by atoms with Crippen molar-refractivity contribution < 1.29 is 9.18 Å². The number of alkyl halides is 1. The Morgan fingerprint density at radius 2 is 2.28 bits per heavy atom. The number of carbonyl (C=O) groups excluding carboxylic acids is 1. The number of nitrogens with zero attached hydrogens (tertiary/aromatic N) is 1. The highest BCUT2D eigenvalue weighted by Crippen LogP contribution is 2.38. The van der Waals surface area contributed by atoms with E-state index in [-0.39, 0.29) is 24.8 Å². The quantitative estimate of drug-likeness (QED) is 0.822. The lowest BCUT2D eigenvalue weighted by Crippen LogP contribution is -2.47. The van der Waals surface area contributed by atoms with Crippen LogP contribution in [0.2, 0.25) is 0 Å². The third-order valence-corrected chi connectivity index (χ3v) is 3.95. The van der Waals surface area contributed by atoms with Gasteiger partial charge >= 0.3 is 0 Å². The summed E-state index contributed by atoms with van der Waals surface area (Å²) < 4.78 is 14.5. The zero-order valence-electron chi connectivity index (χ0n) is 10.4. The molecule has 0 saturated carbocycles. The molecule has 0 aromatic heterocycles. The molecule has 0 unspecified atom stereocenters. The summed E-state index contributed by atoms with van der Waals surface area (Å²) in [6, 6.07) is 7.79. The van der Waals surface area contributed by atoms with E-state index in [4.69, 9.17) is 0 Å². The minimum absolute atomic E-state index is 0.138. The SMILES string of the molecule is C[C@H]1CN(C(=O)[C@@]2(F)CCNC2)c2ccccc21. The van der Waals surface area contributed by atoms with Gasteiger partial charge in [-0.1, -0.05) is 25.1 Å². The molecule has 0 spiro atoms. The van der Waals surface area contributed by atoms with E-state index in [0.29, 0.717) is 13.1 Å². The van der Waals surface area contributed by atoms with Gasteiger partial charge in [-0.3, -0.25) is 4.79 Å². The number of amides is 1. The van der Waals surface area contributed by atoms with Crippen molar-refractivity contribution in [1.29, 1.82) is 0 Å². The molecule has 3 rings (SSSR count). The van der Waals surface area contributed by atoms with Crippen molar-refractivity contribution in [3.8, 4) is 0 Å². The minimum atomic E-state index is -1.73. The highest BCUT2D eigenvalue weighted by Gasteiger charge is 2.46. The van der Waals surface area contributed by atoms with Gasteiger partial charge in [0.05, 0.1) is 0 Å². The zero-order chi connectivity index (χ0) is 12.8. The number of nitrogens with one attached hydrogen (secondary N) is 1. The van der Waals surface area contributed by atoms with Crippen molar-refractivity contribution in [1.82, 2.24) is 5.32 Å². The first-order valence-corrected chi connectivity index (χ1v) is 6.42. The van der Waals surface area contributed by atoms with Crippen LogP contribution in [0.15, 0.2) is 24.3 Å². The average Bonchev–Trinajstić information content (AvgIpc) is 2.95. The predicted molar refractivity (Wildman–Crippen MR) is 68.5 cm³/mol. The van der Waals surface area contributed by atoms with E-state index in [1.54, 1.807) is 4.90 Å². The van der Waals surface area contributed by atoms with E-state index in [0.717, 1.165) is 11.3 Å². The number of benzene rings is 1. The predicted octanol–water partition coefficient (Wildman–Crippen LogP) is 1.84. The van der Waals surface area contributed by atoms with E-state index in [1.807, 2.05) is 24.3 Å². The second-order valence-electron chi connectivity index (χ2n) is 5.27. The van der Waals surface area contributed by atoms with Gasteiger partial charge in [-0.15, -0.1) is 0 Å². The van der Waals surface area contributed by atoms with Gasteiger partial charge < -0.3 is 10.2 Å². The van der Waals surface area contributed by atoms with Crippen LogP contribution in [0, 0.1) is 0 Å². The van der Waals surface area contributed by atoms with E-state index in [2.05, 4.69) is 12.2 Å². The summed E-state index contributed by atoms with van der Waals surface area (Å²) in [5, 5.41) is 2.93. The summed E-state index contributed by atoms with van der Waals surface area (Å²) in [4.78, 5) is 14.0. The lowest BCUT2D eigenvalue weighted by molar-refractivity contribution is -0.128. The maximum absolute atomic E-state index is 14.5. The molecule has 2 aliphatic rings. The molecule has 2 aliphatic heterocycles. The summed E-state index contributed by atoms with van der Waals surface area (Å²) >= 11 is 0. The Labute approximate surface area is 106 Å². The first-order valence-electron chi connectivity index (χ1n) is 6.42. The van der Waals surface area contributed by atoms with Gasteiger partial charge in [-0.25, -0.2) is 4.39 Å². The molecule has 0 bridgehead atoms. The van der Waals surface area contributed by atoms with Crippen LogP contribution in [0.1, 0.15) is 24.8 Å². The van der Waals surface area contributed by atoms with Crippen LogP contribution in [0.3, 0.4) is 0 Å². The Hall–Kier alpha value is -1.42. The molecular weight excluding hydrogens is 231 g/mol. The zero-order valence-corrected chi connectivity index (χ0v) is 10.4. The van der Waals surface area contributed by atoms with E-state index in [9.17, 15) is 9.18 Å². The fourth-order valence-corrected chi connectivity index (χ4v) is 2.90. The average molecular weight is 248 g/mol. The molecule has 3 nitrogen and oxygen atoms in total. The number of rotatable bonds is 1. The lowest BCUT2D eigenvalue weighted by atomic mass is 10.0. The summed E-state index contributed by atoms with van der Waals surface area (Å²) in [6.45, 7) is 3.37. The molecule has 0 aliphatic carbocycles. The minimum Gasteiger partial charge on any atom is -0.313 e. The first-order chi connectivity index (χ1) is 8.62. The normalized spacial score (nSPS) is 30.6. The van der Waals surface area contributed by atoms with Crippen LogP contribution in [-0.2, 0) is 4.79 Å². The smallest absolute Gasteiger partial charge is 0.266 e. The van der Waals surface area contributed by atoms with Gasteiger partial charge in [0, 0.05) is 31.1 Å². The van der Waals surface area contributed by atoms with Crippen molar-refractivity contribution in [2.75, 3.05) is 24.5 Å². The molecular formula is C14H17FN2O. The summed E-state index contributed by atoms with van der Waals surface area (Å²) in [5.41, 5.74) is 0.288. The van der Waals surface area contributed by atoms with Gasteiger partial charge in [0.1, 0.15) is 0 Å². The van der Waals surface area contributed by atoms with Crippen LogP contribution >= 0.6 is 0 Å². The van der Waals surface area contributed by atoms with E-state index < -0.39 is 5.67 Å². The topological polar surface area (TPSA) is 32.3 Å².